The summed E-state index contributed by atoms with van der Waals surface area (Å²) >= 11 is 0. The highest BCUT2D eigenvalue weighted by atomic mass is 32.2. The number of aromatic nitrogens is 1. The van der Waals surface area contributed by atoms with Gasteiger partial charge in [0.25, 0.3) is 0 Å². The third-order valence-corrected chi connectivity index (χ3v) is 3.10. The number of sulfone groups is 1. The zero-order valence-electron chi connectivity index (χ0n) is 10.6. The van der Waals surface area contributed by atoms with Crippen molar-refractivity contribution >= 4 is 9.84 Å². The van der Waals surface area contributed by atoms with Gasteiger partial charge in [-0.1, -0.05) is 0 Å². The summed E-state index contributed by atoms with van der Waals surface area (Å²) < 4.78 is 32.6. The van der Waals surface area contributed by atoms with Crippen LogP contribution in [0.5, 0.6) is 11.5 Å². The van der Waals surface area contributed by atoms with E-state index in [0.717, 1.165) is 6.26 Å². The number of nitrogens with zero attached hydrogens (tertiary/aromatic N) is 1. The Morgan fingerprint density at radius 2 is 2.11 bits per heavy atom. The zero-order valence-corrected chi connectivity index (χ0v) is 11.4. The molecule has 0 aromatic carbocycles. The molecule has 0 spiro atoms. The standard InChI is InChI=1S/C11H17NO5S/c1-4-17-10-5-8(12-6-11(10)16-2)9(13)7-18(3,14)15/h5-6,9,13H,4,7H2,1-3H3. The second-order valence-corrected chi connectivity index (χ2v) is 5.99. The lowest BCUT2D eigenvalue weighted by Crippen LogP contribution is -2.14. The maximum absolute atomic E-state index is 11.1. The van der Waals surface area contributed by atoms with Crippen LogP contribution in [0.1, 0.15) is 18.7 Å². The molecule has 102 valence electrons. The third kappa shape index (κ3) is 4.15. The highest BCUT2D eigenvalue weighted by molar-refractivity contribution is 7.90. The fraction of sp³-hybridized carbons (Fsp3) is 0.545. The molecular formula is C11H17NO5S. The second-order valence-electron chi connectivity index (χ2n) is 3.80. The lowest BCUT2D eigenvalue weighted by Gasteiger charge is -2.13. The van der Waals surface area contributed by atoms with Gasteiger partial charge in [0.2, 0.25) is 0 Å². The highest BCUT2D eigenvalue weighted by Gasteiger charge is 2.18. The molecule has 0 radical (unpaired) electrons. The summed E-state index contributed by atoms with van der Waals surface area (Å²) in [4.78, 5) is 3.96. The summed E-state index contributed by atoms with van der Waals surface area (Å²) in [5.41, 5.74) is 0.240. The first-order valence-corrected chi connectivity index (χ1v) is 7.46. The van der Waals surface area contributed by atoms with Crippen molar-refractivity contribution < 1.29 is 23.0 Å². The molecule has 0 aliphatic heterocycles. The zero-order chi connectivity index (χ0) is 13.8. The first-order valence-electron chi connectivity index (χ1n) is 5.40. The molecule has 0 saturated heterocycles. The van der Waals surface area contributed by atoms with Gasteiger partial charge in [-0.3, -0.25) is 4.98 Å². The summed E-state index contributed by atoms with van der Waals surface area (Å²) in [6, 6.07) is 1.48. The van der Waals surface area contributed by atoms with Crippen LogP contribution < -0.4 is 9.47 Å². The van der Waals surface area contributed by atoms with Gasteiger partial charge < -0.3 is 14.6 Å². The summed E-state index contributed by atoms with van der Waals surface area (Å²) in [6.45, 7) is 2.24. The molecule has 0 saturated carbocycles. The molecule has 0 aliphatic carbocycles. The fourth-order valence-corrected chi connectivity index (χ4v) is 2.16. The lowest BCUT2D eigenvalue weighted by atomic mass is 10.2. The first kappa shape index (κ1) is 14.7. The van der Waals surface area contributed by atoms with E-state index in [0.29, 0.717) is 18.1 Å². The number of rotatable bonds is 6. The summed E-state index contributed by atoms with van der Waals surface area (Å²) in [5.74, 6) is 0.488. The maximum Gasteiger partial charge on any atom is 0.179 e. The van der Waals surface area contributed by atoms with Gasteiger partial charge in [-0.2, -0.15) is 0 Å². The van der Waals surface area contributed by atoms with Crippen LogP contribution >= 0.6 is 0 Å². The van der Waals surface area contributed by atoms with E-state index in [1.807, 2.05) is 6.92 Å². The smallest absolute Gasteiger partial charge is 0.179 e. The number of hydrogen-bond acceptors (Lipinski definition) is 6. The largest absolute Gasteiger partial charge is 0.491 e. The van der Waals surface area contributed by atoms with Gasteiger partial charge in [-0.15, -0.1) is 0 Å². The van der Waals surface area contributed by atoms with Crippen LogP contribution in [-0.4, -0.2) is 44.2 Å². The van der Waals surface area contributed by atoms with E-state index < -0.39 is 15.9 Å². The predicted octanol–water partition coefficient (Wildman–Crippen LogP) is 0.567. The summed E-state index contributed by atoms with van der Waals surface area (Å²) in [5, 5.41) is 9.77. The molecule has 1 atom stereocenters. The van der Waals surface area contributed by atoms with Crippen LogP contribution in [0.3, 0.4) is 0 Å². The minimum Gasteiger partial charge on any atom is -0.491 e. The summed E-state index contributed by atoms with van der Waals surface area (Å²) in [6.07, 6.45) is 1.28. The number of aliphatic hydroxyl groups excluding tert-OH is 1. The average molecular weight is 275 g/mol. The molecule has 6 nitrogen and oxygen atoms in total. The van der Waals surface area contributed by atoms with E-state index in [1.54, 1.807) is 0 Å². The van der Waals surface area contributed by atoms with Gasteiger partial charge in [0.15, 0.2) is 11.5 Å². The van der Waals surface area contributed by atoms with Crippen LogP contribution in [0.25, 0.3) is 0 Å². The number of methoxy groups -OCH3 is 1. The Bertz CT molecular complexity index is 500. The Hall–Kier alpha value is -1.34. The van der Waals surface area contributed by atoms with E-state index in [4.69, 9.17) is 9.47 Å². The predicted molar refractivity (Wildman–Crippen MR) is 66.6 cm³/mol. The van der Waals surface area contributed by atoms with Crippen LogP contribution in [0.15, 0.2) is 12.3 Å². The Kier molecular flexibility index (Phi) is 4.92. The number of hydrogen-bond donors (Lipinski definition) is 1. The van der Waals surface area contributed by atoms with Gasteiger partial charge in [-0.05, 0) is 6.92 Å². The topological polar surface area (TPSA) is 85.7 Å². The van der Waals surface area contributed by atoms with E-state index in [-0.39, 0.29) is 11.4 Å². The molecule has 1 heterocycles. The monoisotopic (exact) mass is 275 g/mol. The van der Waals surface area contributed by atoms with Crippen molar-refractivity contribution in [1.82, 2.24) is 4.98 Å². The van der Waals surface area contributed by atoms with Gasteiger partial charge >= 0.3 is 0 Å². The van der Waals surface area contributed by atoms with E-state index in [2.05, 4.69) is 4.98 Å². The van der Waals surface area contributed by atoms with Gasteiger partial charge in [0.05, 0.1) is 31.4 Å². The van der Waals surface area contributed by atoms with Crippen molar-refractivity contribution in [2.24, 2.45) is 0 Å². The van der Waals surface area contributed by atoms with Gasteiger partial charge in [0.1, 0.15) is 15.9 Å². The van der Waals surface area contributed by atoms with Crippen molar-refractivity contribution in [3.05, 3.63) is 18.0 Å². The average Bonchev–Trinajstić information content (AvgIpc) is 2.27. The van der Waals surface area contributed by atoms with Crippen molar-refractivity contribution in [2.45, 2.75) is 13.0 Å². The third-order valence-electron chi connectivity index (χ3n) is 2.17. The minimum absolute atomic E-state index is 0.240. The molecule has 1 N–H and O–H groups in total. The molecule has 0 bridgehead atoms. The number of pyridine rings is 1. The number of aliphatic hydroxyl groups is 1. The van der Waals surface area contributed by atoms with Crippen molar-refractivity contribution in [3.63, 3.8) is 0 Å². The van der Waals surface area contributed by atoms with Crippen LogP contribution in [0.4, 0.5) is 0 Å². The van der Waals surface area contributed by atoms with E-state index in [9.17, 15) is 13.5 Å². The molecule has 0 fully saturated rings. The fourth-order valence-electron chi connectivity index (χ4n) is 1.42. The maximum atomic E-state index is 11.1. The van der Waals surface area contributed by atoms with Crippen molar-refractivity contribution in [2.75, 3.05) is 25.7 Å². The van der Waals surface area contributed by atoms with Gasteiger partial charge in [0, 0.05) is 12.3 Å². The normalized spacial score (nSPS) is 13.1. The molecule has 1 aromatic rings. The second kappa shape index (κ2) is 6.01. The molecule has 0 aliphatic rings. The Balaban J connectivity index is 3.00. The Morgan fingerprint density at radius 3 is 2.61 bits per heavy atom. The molecule has 7 heteroatoms. The molecule has 1 unspecified atom stereocenters. The van der Waals surface area contributed by atoms with Crippen LogP contribution in [0, 0.1) is 0 Å². The summed E-state index contributed by atoms with van der Waals surface area (Å²) in [7, 11) is -1.80. The van der Waals surface area contributed by atoms with Crippen LogP contribution in [-0.2, 0) is 9.84 Å². The van der Waals surface area contributed by atoms with E-state index in [1.165, 1.54) is 19.4 Å². The quantitative estimate of drug-likeness (QED) is 0.816. The lowest BCUT2D eigenvalue weighted by molar-refractivity contribution is 0.195. The highest BCUT2D eigenvalue weighted by Crippen LogP contribution is 2.28. The van der Waals surface area contributed by atoms with Crippen LogP contribution in [0.2, 0.25) is 0 Å². The van der Waals surface area contributed by atoms with Crippen molar-refractivity contribution in [3.8, 4) is 11.5 Å². The molecule has 1 rings (SSSR count). The molecular weight excluding hydrogens is 258 g/mol. The Labute approximate surface area is 106 Å². The minimum atomic E-state index is -3.27. The SMILES string of the molecule is CCOc1cc(C(O)CS(C)(=O)=O)ncc1OC. The van der Waals surface area contributed by atoms with Gasteiger partial charge in [-0.25, -0.2) is 8.42 Å². The first-order chi connectivity index (χ1) is 8.37. The van der Waals surface area contributed by atoms with E-state index >= 15 is 0 Å². The molecule has 1 aromatic heterocycles. The Morgan fingerprint density at radius 1 is 1.44 bits per heavy atom. The molecule has 0 amide bonds. The van der Waals surface area contributed by atoms with Crippen molar-refractivity contribution in [1.29, 1.82) is 0 Å². The molecule has 18 heavy (non-hydrogen) atoms. The number of ether oxygens (including phenoxy) is 2.